The molecule has 0 aromatic heterocycles. The Bertz CT molecular complexity index is 2860. The van der Waals surface area contributed by atoms with E-state index in [-0.39, 0.29) is 153 Å². The third-order valence-corrected chi connectivity index (χ3v) is 14.9. The van der Waals surface area contributed by atoms with Gasteiger partial charge in [0.15, 0.2) is 0 Å². The molecule has 18 nitrogen and oxygen atoms in total. The molecular weight excluding hydrogens is 1550 g/mol. The fourth-order valence-corrected chi connectivity index (χ4v) is 10.3. The van der Waals surface area contributed by atoms with Gasteiger partial charge >= 0.3 is 48.9 Å². The monoisotopic (exact) mass is 1630 g/mol. The molecule has 0 radical (unpaired) electrons. The Morgan fingerprint density at radius 1 is 0.202 bits per heavy atom. The van der Waals surface area contributed by atoms with Crippen LogP contribution in [0.1, 0.15) is 44.5 Å². The maximum atomic E-state index is 14.3. The fourth-order valence-electron chi connectivity index (χ4n) is 10.3. The van der Waals surface area contributed by atoms with Crippen LogP contribution >= 0.6 is 0 Å². The summed E-state index contributed by atoms with van der Waals surface area (Å²) in [4.78, 5) is 0. The molecule has 0 atom stereocenters. The molecule has 20 heteroatoms. The number of ether oxygens (including phenoxy) is 12. The molecule has 2 aliphatic rings. The van der Waals surface area contributed by atoms with Crippen LogP contribution in [0.15, 0.2) is 170 Å². The first-order valence-electron chi connectivity index (χ1n) is 30.8. The minimum atomic E-state index is -0.219. The Hall–Kier alpha value is -4.98. The predicted molar refractivity (Wildman–Crippen MR) is 343 cm³/mol. The first kappa shape index (κ1) is 79.7. The van der Waals surface area contributed by atoms with Gasteiger partial charge in [-0.2, -0.15) is 0 Å². The fraction of sp³-hybridized carbons (Fsp3) is 0.351. The van der Waals surface area contributed by atoms with Crippen LogP contribution in [0.3, 0.4) is 0 Å². The molecule has 1 saturated heterocycles. The molecular formula is C74H80BaO18U-6. The molecule has 10 rings (SSSR count). The Kier molecular flexibility index (Phi) is 38.6. The smallest absolute Gasteiger partial charge is 2.00 e. The summed E-state index contributed by atoms with van der Waals surface area (Å²) in [5, 5.41) is 57.3. The van der Waals surface area contributed by atoms with Gasteiger partial charge in [0.05, 0.1) is 159 Å². The minimum Gasteiger partial charge on any atom is -2.00 e. The predicted octanol–water partition coefficient (Wildman–Crippen LogP) is 9.13. The molecule has 8 bridgehead atoms. The van der Waals surface area contributed by atoms with Crippen molar-refractivity contribution in [1.82, 2.24) is 0 Å². The van der Waals surface area contributed by atoms with E-state index in [2.05, 4.69) is 0 Å². The van der Waals surface area contributed by atoms with Gasteiger partial charge in [-0.3, -0.25) is 0 Å². The van der Waals surface area contributed by atoms with Gasteiger partial charge in [-0.15, -0.1) is 0 Å². The maximum Gasteiger partial charge on any atom is 2.00 e. The summed E-state index contributed by atoms with van der Waals surface area (Å²) in [7, 11) is 0. The second kappa shape index (κ2) is 45.5. The van der Waals surface area contributed by atoms with Crippen LogP contribution in [-0.2, 0) is 107 Å². The second-order valence-electron chi connectivity index (χ2n) is 21.4. The van der Waals surface area contributed by atoms with Crippen LogP contribution in [-0.4, -0.2) is 181 Å². The first-order chi connectivity index (χ1) is 44.4. The molecule has 1 fully saturated rings. The largest absolute Gasteiger partial charge is 2.00 e. The van der Waals surface area contributed by atoms with Crippen molar-refractivity contribution >= 4 is 48.9 Å². The molecule has 0 N–H and O–H groups in total. The molecule has 0 saturated carbocycles. The Morgan fingerprint density at radius 2 is 0.351 bits per heavy atom. The van der Waals surface area contributed by atoms with Crippen LogP contribution in [0.5, 0.6) is 23.0 Å². The molecule has 94 heavy (non-hydrogen) atoms. The van der Waals surface area contributed by atoms with Gasteiger partial charge in [-0.1, -0.05) is 191 Å². The average molecular weight is 1630 g/mol. The van der Waals surface area contributed by atoms with E-state index in [4.69, 9.17) is 56.8 Å². The van der Waals surface area contributed by atoms with E-state index >= 15 is 0 Å². The Morgan fingerprint density at radius 3 is 0.511 bits per heavy atom. The van der Waals surface area contributed by atoms with Crippen molar-refractivity contribution in [2.75, 3.05) is 132 Å². The van der Waals surface area contributed by atoms with E-state index in [1.807, 2.05) is 170 Å². The van der Waals surface area contributed by atoms with E-state index in [9.17, 15) is 20.4 Å². The van der Waals surface area contributed by atoms with Gasteiger partial charge in [0.1, 0.15) is 0 Å². The number of hydrogen-bond donors (Lipinski definition) is 0. The summed E-state index contributed by atoms with van der Waals surface area (Å²) in [6.07, 6.45) is 0.165. The SMILES string of the molecule is C1COCCOCCOCCOCCOCCOCCOCCOCCOCCO1.[Ba+2].[O-2].[O-2].[O-]c1c2cc(-c3ccccc3)cc1Cc1cc(-c3ccccc3)cc(c1[O-])COCc1cc(-c3ccccc3)cc(c1[O-])Cc1cc(-c3ccccc3)cc(c1[O-])COC2.[U]. The molecule has 496 valence electrons. The zero-order valence-corrected chi connectivity index (χ0v) is 61.7. The van der Waals surface area contributed by atoms with E-state index in [0.29, 0.717) is 177 Å². The Balaban J connectivity index is 0.000000403. The summed E-state index contributed by atoms with van der Waals surface area (Å²) >= 11 is 0. The summed E-state index contributed by atoms with van der Waals surface area (Å²) in [5.74, 6) is -0.877. The van der Waals surface area contributed by atoms with Crippen LogP contribution < -0.4 is 20.4 Å². The third kappa shape index (κ3) is 26.1. The first-order valence-corrected chi connectivity index (χ1v) is 30.8. The summed E-state index contributed by atoms with van der Waals surface area (Å²) in [5.41, 5.74) is 10.5. The second-order valence-corrected chi connectivity index (χ2v) is 21.4. The Labute approximate surface area is 615 Å². The van der Waals surface area contributed by atoms with Crippen molar-refractivity contribution in [3.05, 3.63) is 214 Å². The van der Waals surface area contributed by atoms with Crippen molar-refractivity contribution < 1.29 is 119 Å². The van der Waals surface area contributed by atoms with Crippen LogP contribution in [0.25, 0.3) is 44.5 Å². The molecule has 8 aromatic carbocycles. The minimum absolute atomic E-state index is 0. The average Bonchev–Trinajstić information content (AvgIpc) is 0.825. The van der Waals surface area contributed by atoms with Crippen molar-refractivity contribution in [3.63, 3.8) is 0 Å². The van der Waals surface area contributed by atoms with Crippen molar-refractivity contribution in [3.8, 4) is 67.5 Å². The van der Waals surface area contributed by atoms with E-state index < -0.39 is 0 Å². The number of benzene rings is 8. The maximum absolute atomic E-state index is 14.3. The number of rotatable bonds is 4. The van der Waals surface area contributed by atoms with Crippen molar-refractivity contribution in [1.29, 1.82) is 0 Å². The molecule has 0 spiro atoms. The van der Waals surface area contributed by atoms with E-state index in [0.717, 1.165) is 44.5 Å². The molecule has 2 aliphatic heterocycles. The van der Waals surface area contributed by atoms with Crippen molar-refractivity contribution in [2.45, 2.75) is 39.3 Å². The summed E-state index contributed by atoms with van der Waals surface area (Å²) < 4.78 is 66.8. The molecule has 0 aliphatic carbocycles. The van der Waals surface area contributed by atoms with Gasteiger partial charge in [0.25, 0.3) is 0 Å². The quantitative estimate of drug-likeness (QED) is 0.149. The van der Waals surface area contributed by atoms with E-state index in [1.54, 1.807) is 0 Å². The summed E-state index contributed by atoms with van der Waals surface area (Å²) in [6, 6.07) is 53.9. The molecule has 8 aromatic rings. The summed E-state index contributed by atoms with van der Waals surface area (Å²) in [6.45, 7) is 10.5. The molecule has 0 unspecified atom stereocenters. The van der Waals surface area contributed by atoms with Gasteiger partial charge in [0.2, 0.25) is 0 Å². The van der Waals surface area contributed by atoms with Crippen LogP contribution in [0.4, 0.5) is 0 Å². The van der Waals surface area contributed by atoms with Gasteiger partial charge in [-0.25, -0.2) is 0 Å². The molecule has 2 heterocycles. The van der Waals surface area contributed by atoms with E-state index in [1.165, 1.54) is 0 Å². The topological polar surface area (TPSA) is 260 Å². The number of hydrogen-bond acceptors (Lipinski definition) is 16. The van der Waals surface area contributed by atoms with Gasteiger partial charge in [0, 0.05) is 31.1 Å². The zero-order chi connectivity index (χ0) is 62.2. The van der Waals surface area contributed by atoms with Gasteiger partial charge < -0.3 is 88.2 Å². The standard InChI is InChI=1S/C54H44O6.C20H40O10.Ba.2O.U/c55-51-43-21-39(35-13-5-1-6-14-35)25-47(51)31-59-32-48-27-41(37-17-9-3-10-18-37)23-45(53(48)57)30-46-24-42(38-19-11-4-12-20-38)28-50(54(46)58)34-60-33-49-26-40(22-44(29-43)52(49)56)36-15-7-2-8-16-36;1-2-22-5-6-24-9-10-26-13-14-28-17-18-30-20-19-29-16-15-27-12-11-25-8-7-23-4-3-21-1;;;;/h1-28,55-58H,29-34H2;1-20H2;;;;/q;;+2;2*-2;/p-4. The zero-order valence-electron chi connectivity index (χ0n) is 53.1. The third-order valence-electron chi connectivity index (χ3n) is 14.9. The normalized spacial score (nSPS) is 16.0. The van der Waals surface area contributed by atoms with Crippen LogP contribution in [0, 0.1) is 31.1 Å². The number of fused-ring (bicyclic) bond motifs is 8. The van der Waals surface area contributed by atoms with Gasteiger partial charge in [-0.05, 0) is 104 Å². The van der Waals surface area contributed by atoms with Crippen LogP contribution in [0.2, 0.25) is 0 Å². The van der Waals surface area contributed by atoms with Crippen molar-refractivity contribution in [2.24, 2.45) is 0 Å². The molecule has 0 amide bonds.